The molecule has 0 unspecified atom stereocenters. The summed E-state index contributed by atoms with van der Waals surface area (Å²) in [5, 5.41) is 21.2. The fourth-order valence-corrected chi connectivity index (χ4v) is 2.02. The Labute approximate surface area is 124 Å². The van der Waals surface area contributed by atoms with Gasteiger partial charge in [0.05, 0.1) is 24.3 Å². The zero-order valence-electron chi connectivity index (χ0n) is 12.0. The Hall–Kier alpha value is -2.98. The van der Waals surface area contributed by atoms with E-state index in [-0.39, 0.29) is 0 Å². The van der Waals surface area contributed by atoms with Gasteiger partial charge in [-0.1, -0.05) is 12.1 Å². The van der Waals surface area contributed by atoms with E-state index < -0.39 is 0 Å². The van der Waals surface area contributed by atoms with Crippen LogP contribution in [0.4, 0.5) is 5.69 Å². The molecule has 0 aliphatic carbocycles. The molecular weight excluding hydrogens is 262 g/mol. The number of rotatable bonds is 4. The highest BCUT2D eigenvalue weighted by molar-refractivity contribution is 5.55. The van der Waals surface area contributed by atoms with Crippen LogP contribution >= 0.6 is 0 Å². The van der Waals surface area contributed by atoms with Crippen LogP contribution in [0.25, 0.3) is 0 Å². The average molecular weight is 277 g/mol. The van der Waals surface area contributed by atoms with E-state index in [1.165, 1.54) is 0 Å². The van der Waals surface area contributed by atoms with Gasteiger partial charge in [-0.05, 0) is 42.3 Å². The molecule has 0 heterocycles. The summed E-state index contributed by atoms with van der Waals surface area (Å²) >= 11 is 0. The van der Waals surface area contributed by atoms with E-state index in [4.69, 9.17) is 15.3 Å². The van der Waals surface area contributed by atoms with Crippen molar-refractivity contribution in [2.45, 2.75) is 13.5 Å². The van der Waals surface area contributed by atoms with Crippen LogP contribution < -0.4 is 10.1 Å². The first-order valence-corrected chi connectivity index (χ1v) is 6.49. The molecule has 2 rings (SSSR count). The third kappa shape index (κ3) is 3.32. The van der Waals surface area contributed by atoms with E-state index in [1.807, 2.05) is 31.2 Å². The van der Waals surface area contributed by atoms with Gasteiger partial charge in [0.15, 0.2) is 0 Å². The Bertz CT molecular complexity index is 739. The lowest BCUT2D eigenvalue weighted by Gasteiger charge is -2.11. The van der Waals surface area contributed by atoms with E-state index in [9.17, 15) is 0 Å². The number of aryl methyl sites for hydroxylation is 1. The molecule has 0 fully saturated rings. The van der Waals surface area contributed by atoms with Crippen LogP contribution in [0.1, 0.15) is 22.3 Å². The molecule has 0 saturated heterocycles. The molecule has 4 heteroatoms. The van der Waals surface area contributed by atoms with Crippen molar-refractivity contribution < 1.29 is 4.74 Å². The second-order valence-electron chi connectivity index (χ2n) is 4.64. The summed E-state index contributed by atoms with van der Waals surface area (Å²) in [5.41, 5.74) is 4.16. The summed E-state index contributed by atoms with van der Waals surface area (Å²) in [6.45, 7) is 2.58. The highest BCUT2D eigenvalue weighted by Gasteiger charge is 2.05. The summed E-state index contributed by atoms with van der Waals surface area (Å²) in [6.07, 6.45) is 0. The minimum absolute atomic E-state index is 0.518. The van der Waals surface area contributed by atoms with Crippen molar-refractivity contribution in [1.29, 1.82) is 10.5 Å². The Morgan fingerprint density at radius 3 is 2.57 bits per heavy atom. The molecule has 0 aliphatic rings. The van der Waals surface area contributed by atoms with Crippen molar-refractivity contribution in [1.82, 2.24) is 0 Å². The first kappa shape index (κ1) is 14.4. The molecule has 104 valence electrons. The van der Waals surface area contributed by atoms with Crippen LogP contribution in [0.3, 0.4) is 0 Å². The second kappa shape index (κ2) is 6.45. The number of nitrogens with zero attached hydrogens (tertiary/aromatic N) is 2. The quantitative estimate of drug-likeness (QED) is 0.930. The third-order valence-electron chi connectivity index (χ3n) is 3.24. The lowest BCUT2D eigenvalue weighted by molar-refractivity contribution is 0.413. The summed E-state index contributed by atoms with van der Waals surface area (Å²) in [7, 11) is 1.55. The van der Waals surface area contributed by atoms with Gasteiger partial charge >= 0.3 is 0 Å². The van der Waals surface area contributed by atoms with Crippen LogP contribution in [0.5, 0.6) is 5.75 Å². The molecule has 4 nitrogen and oxygen atoms in total. The van der Waals surface area contributed by atoms with Gasteiger partial charge in [0, 0.05) is 12.2 Å². The number of hydrogen-bond donors (Lipinski definition) is 1. The first-order chi connectivity index (χ1) is 10.2. The molecule has 0 aromatic heterocycles. The largest absolute Gasteiger partial charge is 0.495 e. The monoisotopic (exact) mass is 277 g/mol. The number of anilines is 1. The number of nitrogens with one attached hydrogen (secondary N) is 1. The summed E-state index contributed by atoms with van der Waals surface area (Å²) in [5.74, 6) is 0.569. The maximum atomic E-state index is 8.97. The number of hydrogen-bond acceptors (Lipinski definition) is 4. The molecule has 1 N–H and O–H groups in total. The van der Waals surface area contributed by atoms with Crippen LogP contribution in [0, 0.1) is 29.6 Å². The van der Waals surface area contributed by atoms with Gasteiger partial charge in [-0.15, -0.1) is 0 Å². The van der Waals surface area contributed by atoms with E-state index in [0.717, 1.165) is 16.8 Å². The van der Waals surface area contributed by atoms with E-state index in [0.29, 0.717) is 23.4 Å². The van der Waals surface area contributed by atoms with E-state index in [2.05, 4.69) is 17.5 Å². The summed E-state index contributed by atoms with van der Waals surface area (Å²) in [6, 6.07) is 15.2. The van der Waals surface area contributed by atoms with Gasteiger partial charge in [-0.25, -0.2) is 0 Å². The van der Waals surface area contributed by atoms with Crippen LogP contribution in [-0.2, 0) is 6.54 Å². The van der Waals surface area contributed by atoms with Crippen molar-refractivity contribution in [2.75, 3.05) is 12.4 Å². The zero-order valence-corrected chi connectivity index (χ0v) is 12.0. The fourth-order valence-electron chi connectivity index (χ4n) is 2.02. The lowest BCUT2D eigenvalue weighted by Crippen LogP contribution is -2.02. The number of nitriles is 2. The highest BCUT2D eigenvalue weighted by Crippen LogP contribution is 2.21. The van der Waals surface area contributed by atoms with Gasteiger partial charge < -0.3 is 10.1 Å². The maximum Gasteiger partial charge on any atom is 0.136 e. The Balaban J connectivity index is 2.17. The SMILES string of the molecule is COc1cc(CNc2cc(C#N)ccc2C)ccc1C#N. The fraction of sp³-hybridized carbons (Fsp3) is 0.176. The first-order valence-electron chi connectivity index (χ1n) is 6.49. The van der Waals surface area contributed by atoms with Gasteiger partial charge in [0.25, 0.3) is 0 Å². The van der Waals surface area contributed by atoms with Crippen molar-refractivity contribution in [3.8, 4) is 17.9 Å². The molecule has 2 aromatic carbocycles. The molecular formula is C17H15N3O. The third-order valence-corrected chi connectivity index (χ3v) is 3.24. The summed E-state index contributed by atoms with van der Waals surface area (Å²) < 4.78 is 5.20. The number of methoxy groups -OCH3 is 1. The van der Waals surface area contributed by atoms with Gasteiger partial charge in [0.2, 0.25) is 0 Å². The molecule has 0 radical (unpaired) electrons. The number of benzene rings is 2. The van der Waals surface area contributed by atoms with Crippen LogP contribution in [0.2, 0.25) is 0 Å². The van der Waals surface area contributed by atoms with E-state index in [1.54, 1.807) is 19.2 Å². The van der Waals surface area contributed by atoms with Gasteiger partial charge in [0.1, 0.15) is 11.8 Å². The van der Waals surface area contributed by atoms with Crippen LogP contribution in [-0.4, -0.2) is 7.11 Å². The molecule has 0 bridgehead atoms. The molecule has 2 aromatic rings. The van der Waals surface area contributed by atoms with Crippen LogP contribution in [0.15, 0.2) is 36.4 Å². The topological polar surface area (TPSA) is 68.8 Å². The lowest BCUT2D eigenvalue weighted by atomic mass is 10.1. The van der Waals surface area contributed by atoms with Crippen molar-refractivity contribution in [2.24, 2.45) is 0 Å². The molecule has 0 spiro atoms. The van der Waals surface area contributed by atoms with Crippen molar-refractivity contribution in [3.63, 3.8) is 0 Å². The molecule has 0 amide bonds. The molecule has 0 saturated carbocycles. The predicted octanol–water partition coefficient (Wildman–Crippen LogP) is 3.36. The smallest absolute Gasteiger partial charge is 0.136 e. The predicted molar refractivity (Wildman–Crippen MR) is 80.9 cm³/mol. The number of ether oxygens (including phenoxy) is 1. The Kier molecular flexibility index (Phi) is 4.43. The molecule has 21 heavy (non-hydrogen) atoms. The zero-order chi connectivity index (χ0) is 15.2. The van der Waals surface area contributed by atoms with E-state index >= 15 is 0 Å². The summed E-state index contributed by atoms with van der Waals surface area (Å²) in [4.78, 5) is 0. The van der Waals surface area contributed by atoms with Crippen molar-refractivity contribution in [3.05, 3.63) is 58.7 Å². The average Bonchev–Trinajstić information content (AvgIpc) is 2.53. The molecule has 0 aliphatic heterocycles. The Morgan fingerprint density at radius 1 is 1.10 bits per heavy atom. The van der Waals surface area contributed by atoms with Gasteiger partial charge in [-0.3, -0.25) is 0 Å². The maximum absolute atomic E-state index is 8.97. The highest BCUT2D eigenvalue weighted by atomic mass is 16.5. The standard InChI is InChI=1S/C17H15N3O/c1-12-3-4-13(9-18)7-16(12)20-11-14-5-6-15(10-19)17(8-14)21-2/h3-8,20H,11H2,1-2H3. The minimum atomic E-state index is 0.518. The normalized spacial score (nSPS) is 9.52. The Morgan fingerprint density at radius 2 is 1.90 bits per heavy atom. The molecule has 0 atom stereocenters. The van der Waals surface area contributed by atoms with Gasteiger partial charge in [-0.2, -0.15) is 10.5 Å². The minimum Gasteiger partial charge on any atom is -0.495 e. The van der Waals surface area contributed by atoms with Crippen molar-refractivity contribution >= 4 is 5.69 Å². The second-order valence-corrected chi connectivity index (χ2v) is 4.64.